The van der Waals surface area contributed by atoms with Crippen molar-refractivity contribution in [1.29, 1.82) is 0 Å². The molecule has 1 aromatic carbocycles. The molecule has 0 saturated heterocycles. The van der Waals surface area contributed by atoms with Crippen molar-refractivity contribution < 1.29 is 18.3 Å². The molecule has 0 amide bonds. The van der Waals surface area contributed by atoms with Gasteiger partial charge in [-0.3, -0.25) is 0 Å². The third-order valence-electron chi connectivity index (χ3n) is 2.85. The first-order valence-electron chi connectivity index (χ1n) is 6.41. The molecule has 5 nitrogen and oxygen atoms in total. The Bertz CT molecular complexity index is 556. The van der Waals surface area contributed by atoms with Crippen LogP contribution in [0.15, 0.2) is 17.0 Å². The summed E-state index contributed by atoms with van der Waals surface area (Å²) < 4.78 is 32.5. The quantitative estimate of drug-likeness (QED) is 0.806. The average molecular weight is 322 g/mol. The van der Waals surface area contributed by atoms with E-state index in [1.807, 2.05) is 0 Å². The fourth-order valence-corrected chi connectivity index (χ4v) is 3.34. The third-order valence-corrected chi connectivity index (χ3v) is 4.80. The van der Waals surface area contributed by atoms with Crippen LogP contribution in [0.1, 0.15) is 25.8 Å². The maximum Gasteiger partial charge on any atom is 0.244 e. The van der Waals surface area contributed by atoms with Crippen LogP contribution in [-0.2, 0) is 10.0 Å². The largest absolute Gasteiger partial charge is 0.492 e. The van der Waals surface area contributed by atoms with Gasteiger partial charge in [-0.15, -0.1) is 0 Å². The molecule has 0 heterocycles. The number of hydrogen-bond donors (Lipinski definition) is 2. The zero-order valence-electron chi connectivity index (χ0n) is 11.8. The van der Waals surface area contributed by atoms with Gasteiger partial charge in [0.2, 0.25) is 10.0 Å². The van der Waals surface area contributed by atoms with E-state index in [1.54, 1.807) is 26.8 Å². The predicted octanol–water partition coefficient (Wildman–Crippen LogP) is 2.10. The molecule has 0 spiro atoms. The second-order valence-corrected chi connectivity index (χ2v) is 6.48. The van der Waals surface area contributed by atoms with Gasteiger partial charge >= 0.3 is 0 Å². The van der Waals surface area contributed by atoms with Gasteiger partial charge in [-0.1, -0.05) is 18.5 Å². The van der Waals surface area contributed by atoms with Gasteiger partial charge in [0.25, 0.3) is 0 Å². The maximum absolute atomic E-state index is 12.4. The van der Waals surface area contributed by atoms with E-state index in [4.69, 9.17) is 21.4 Å². The molecule has 0 fully saturated rings. The Morgan fingerprint density at radius 2 is 2.05 bits per heavy atom. The number of aryl methyl sites for hydroxylation is 1. The van der Waals surface area contributed by atoms with Crippen LogP contribution in [0.3, 0.4) is 0 Å². The molecule has 1 atom stereocenters. The summed E-state index contributed by atoms with van der Waals surface area (Å²) in [5.74, 6) is 0.259. The van der Waals surface area contributed by atoms with E-state index in [2.05, 4.69) is 4.72 Å². The summed E-state index contributed by atoms with van der Waals surface area (Å²) in [6.07, 6.45) is 0.485. The molecule has 0 saturated carbocycles. The van der Waals surface area contributed by atoms with E-state index in [1.165, 1.54) is 6.07 Å². The topological polar surface area (TPSA) is 75.6 Å². The van der Waals surface area contributed by atoms with E-state index < -0.39 is 16.1 Å². The zero-order chi connectivity index (χ0) is 15.3. The van der Waals surface area contributed by atoms with Gasteiger partial charge < -0.3 is 9.84 Å². The first kappa shape index (κ1) is 17.2. The molecule has 0 aliphatic heterocycles. The average Bonchev–Trinajstić information content (AvgIpc) is 2.40. The lowest BCUT2D eigenvalue weighted by Gasteiger charge is -2.17. The van der Waals surface area contributed by atoms with Crippen molar-refractivity contribution in [2.24, 2.45) is 0 Å². The number of halogens is 1. The van der Waals surface area contributed by atoms with Crippen LogP contribution >= 0.6 is 11.6 Å². The molecule has 7 heteroatoms. The maximum atomic E-state index is 12.4. The number of benzene rings is 1. The van der Waals surface area contributed by atoms with Gasteiger partial charge in [0.1, 0.15) is 10.6 Å². The monoisotopic (exact) mass is 321 g/mol. The van der Waals surface area contributed by atoms with Gasteiger partial charge in [-0.05, 0) is 38.0 Å². The SMILES string of the molecule is CCOc1cc(C)c(Cl)cc1S(=O)(=O)NC(CC)CO. The molecule has 20 heavy (non-hydrogen) atoms. The van der Waals surface area contributed by atoms with Crippen molar-refractivity contribution in [2.75, 3.05) is 13.2 Å². The van der Waals surface area contributed by atoms with E-state index in [0.29, 0.717) is 18.1 Å². The lowest BCUT2D eigenvalue weighted by Crippen LogP contribution is -2.37. The summed E-state index contributed by atoms with van der Waals surface area (Å²) in [5.41, 5.74) is 0.739. The number of nitrogens with one attached hydrogen (secondary N) is 1. The molecular weight excluding hydrogens is 302 g/mol. The number of aliphatic hydroxyl groups excluding tert-OH is 1. The van der Waals surface area contributed by atoms with Crippen molar-refractivity contribution in [3.05, 3.63) is 22.7 Å². The lowest BCUT2D eigenvalue weighted by atomic mass is 10.2. The van der Waals surface area contributed by atoms with Crippen LogP contribution in [-0.4, -0.2) is 32.8 Å². The van der Waals surface area contributed by atoms with E-state index in [0.717, 1.165) is 5.56 Å². The first-order valence-corrected chi connectivity index (χ1v) is 8.27. The third kappa shape index (κ3) is 4.09. The summed E-state index contributed by atoms with van der Waals surface area (Å²) in [7, 11) is -3.80. The summed E-state index contributed by atoms with van der Waals surface area (Å²) >= 11 is 6.00. The predicted molar refractivity (Wildman–Crippen MR) is 78.8 cm³/mol. The Morgan fingerprint density at radius 1 is 1.40 bits per heavy atom. The van der Waals surface area contributed by atoms with Crippen LogP contribution in [0.25, 0.3) is 0 Å². The van der Waals surface area contributed by atoms with Gasteiger partial charge in [0.05, 0.1) is 13.2 Å². The number of rotatable bonds is 7. The lowest BCUT2D eigenvalue weighted by molar-refractivity contribution is 0.253. The van der Waals surface area contributed by atoms with Gasteiger partial charge in [-0.2, -0.15) is 0 Å². The molecule has 0 radical (unpaired) electrons. The minimum absolute atomic E-state index is 0.0122. The molecule has 1 unspecified atom stereocenters. The van der Waals surface area contributed by atoms with Crippen molar-refractivity contribution in [3.63, 3.8) is 0 Å². The zero-order valence-corrected chi connectivity index (χ0v) is 13.4. The molecule has 0 aliphatic carbocycles. The number of ether oxygens (including phenoxy) is 1. The van der Waals surface area contributed by atoms with Gasteiger partial charge in [-0.25, -0.2) is 13.1 Å². The van der Waals surface area contributed by atoms with Crippen molar-refractivity contribution in [2.45, 2.75) is 38.1 Å². The van der Waals surface area contributed by atoms with Gasteiger partial charge in [0, 0.05) is 11.1 Å². The van der Waals surface area contributed by atoms with Crippen LogP contribution in [0.2, 0.25) is 5.02 Å². The van der Waals surface area contributed by atoms with Crippen LogP contribution < -0.4 is 9.46 Å². The Morgan fingerprint density at radius 3 is 2.55 bits per heavy atom. The summed E-state index contributed by atoms with van der Waals surface area (Å²) in [6, 6.07) is 2.43. The van der Waals surface area contributed by atoms with Crippen LogP contribution in [0.4, 0.5) is 0 Å². The van der Waals surface area contributed by atoms with E-state index in [9.17, 15) is 8.42 Å². The number of sulfonamides is 1. The molecular formula is C13H20ClNO4S. The summed E-state index contributed by atoms with van der Waals surface area (Å²) in [6.45, 7) is 5.42. The molecule has 1 aromatic rings. The Balaban J connectivity index is 3.25. The fraction of sp³-hybridized carbons (Fsp3) is 0.538. The highest BCUT2D eigenvalue weighted by Crippen LogP contribution is 2.30. The standard InChI is InChI=1S/C13H20ClNO4S/c1-4-10(8-16)15-20(17,18)13-7-11(14)9(3)6-12(13)19-5-2/h6-7,10,15-16H,4-5,8H2,1-3H3. The highest BCUT2D eigenvalue weighted by molar-refractivity contribution is 7.89. The molecule has 0 aromatic heterocycles. The minimum Gasteiger partial charge on any atom is -0.492 e. The molecule has 114 valence electrons. The summed E-state index contributed by atoms with van der Waals surface area (Å²) in [4.78, 5) is -0.0122. The van der Waals surface area contributed by atoms with E-state index >= 15 is 0 Å². The molecule has 1 rings (SSSR count). The Kier molecular flexibility index (Phi) is 6.26. The highest BCUT2D eigenvalue weighted by Gasteiger charge is 2.24. The Labute approximate surface area is 125 Å². The molecule has 0 aliphatic rings. The van der Waals surface area contributed by atoms with Crippen molar-refractivity contribution >= 4 is 21.6 Å². The summed E-state index contributed by atoms with van der Waals surface area (Å²) in [5, 5.41) is 9.48. The molecule has 2 N–H and O–H groups in total. The molecule has 0 bridgehead atoms. The normalized spacial score (nSPS) is 13.2. The van der Waals surface area contributed by atoms with Crippen LogP contribution in [0.5, 0.6) is 5.75 Å². The smallest absolute Gasteiger partial charge is 0.244 e. The Hall–Kier alpha value is -0.820. The number of hydrogen-bond acceptors (Lipinski definition) is 4. The van der Waals surface area contributed by atoms with Crippen molar-refractivity contribution in [3.8, 4) is 5.75 Å². The second kappa shape index (κ2) is 7.26. The first-order chi connectivity index (χ1) is 9.35. The number of aliphatic hydroxyl groups is 1. The van der Waals surface area contributed by atoms with E-state index in [-0.39, 0.29) is 17.3 Å². The van der Waals surface area contributed by atoms with Crippen molar-refractivity contribution in [1.82, 2.24) is 4.72 Å². The fourth-order valence-electron chi connectivity index (χ4n) is 1.65. The van der Waals surface area contributed by atoms with Gasteiger partial charge in [0.15, 0.2) is 0 Å². The second-order valence-electron chi connectivity index (χ2n) is 4.39. The van der Waals surface area contributed by atoms with Crippen LogP contribution in [0, 0.1) is 6.92 Å². The highest BCUT2D eigenvalue weighted by atomic mass is 35.5. The minimum atomic E-state index is -3.80.